The van der Waals surface area contributed by atoms with Gasteiger partial charge in [0.05, 0.1) is 40.1 Å². The number of hydrogen-bond donors (Lipinski definition) is 1. The van der Waals surface area contributed by atoms with Crippen LogP contribution in [0.4, 0.5) is 0 Å². The first-order chi connectivity index (χ1) is 19.3. The quantitative estimate of drug-likeness (QED) is 0.359. The van der Waals surface area contributed by atoms with Crippen LogP contribution in [0.3, 0.4) is 0 Å². The van der Waals surface area contributed by atoms with E-state index in [2.05, 4.69) is 5.32 Å². The number of ether oxygens (including phenoxy) is 5. The summed E-state index contributed by atoms with van der Waals surface area (Å²) in [7, 11) is 4.63. The molecule has 0 fully saturated rings. The lowest BCUT2D eigenvalue weighted by Gasteiger charge is -2.39. The van der Waals surface area contributed by atoms with Crippen LogP contribution in [-0.2, 0) is 23.9 Å². The molecule has 1 N–H and O–H groups in total. The molecule has 0 bridgehead atoms. The van der Waals surface area contributed by atoms with Gasteiger partial charge in [0.25, 0.3) is 0 Å². The molecule has 1 aliphatic carbocycles. The third kappa shape index (κ3) is 5.28. The van der Waals surface area contributed by atoms with Crippen molar-refractivity contribution in [2.75, 3.05) is 34.5 Å². The molecular formula is C31H35NO8. The fourth-order valence-corrected chi connectivity index (χ4v) is 5.55. The van der Waals surface area contributed by atoms with Gasteiger partial charge >= 0.3 is 11.9 Å². The van der Waals surface area contributed by atoms with Gasteiger partial charge in [0, 0.05) is 28.8 Å². The summed E-state index contributed by atoms with van der Waals surface area (Å²) < 4.78 is 27.0. The molecule has 2 aromatic rings. The molecule has 212 valence electrons. The van der Waals surface area contributed by atoms with Gasteiger partial charge in [-0.05, 0) is 62.6 Å². The number of ketones is 1. The van der Waals surface area contributed by atoms with E-state index >= 15 is 0 Å². The zero-order valence-corrected chi connectivity index (χ0v) is 23.7. The lowest BCUT2D eigenvalue weighted by atomic mass is 9.67. The molecular weight excluding hydrogens is 514 g/mol. The molecule has 1 heterocycles. The summed E-state index contributed by atoms with van der Waals surface area (Å²) in [6.07, 6.45) is 0.355. The maximum Gasteiger partial charge on any atom is 0.336 e. The molecule has 0 saturated carbocycles. The summed E-state index contributed by atoms with van der Waals surface area (Å²) in [5.41, 5.74) is 3.30. The van der Waals surface area contributed by atoms with Gasteiger partial charge in [-0.2, -0.15) is 0 Å². The van der Waals surface area contributed by atoms with Gasteiger partial charge in [0.1, 0.15) is 11.7 Å². The Kier molecular flexibility index (Phi) is 8.82. The molecule has 0 unspecified atom stereocenters. The predicted molar refractivity (Wildman–Crippen MR) is 147 cm³/mol. The Labute approximate surface area is 234 Å². The van der Waals surface area contributed by atoms with E-state index in [0.717, 1.165) is 5.56 Å². The van der Waals surface area contributed by atoms with Crippen LogP contribution in [0, 0.1) is 5.92 Å². The second-order valence-corrected chi connectivity index (χ2v) is 9.50. The largest absolute Gasteiger partial charge is 0.497 e. The van der Waals surface area contributed by atoms with Crippen molar-refractivity contribution >= 4 is 17.7 Å². The second kappa shape index (κ2) is 12.3. The number of Topliss-reactive ketones (excluding diaryl/α,β-unsaturated/α-hetero) is 1. The molecule has 2 aromatic carbocycles. The van der Waals surface area contributed by atoms with Crippen molar-refractivity contribution in [1.29, 1.82) is 0 Å². The Morgan fingerprint density at radius 3 is 2.12 bits per heavy atom. The third-order valence-corrected chi connectivity index (χ3v) is 7.34. The first kappa shape index (κ1) is 28.7. The number of dihydropyridines is 1. The summed E-state index contributed by atoms with van der Waals surface area (Å²) in [6, 6.07) is 12.6. The smallest absolute Gasteiger partial charge is 0.336 e. The van der Waals surface area contributed by atoms with E-state index in [1.54, 1.807) is 58.2 Å². The number of carbonyl (C=O) groups is 3. The monoisotopic (exact) mass is 549 g/mol. The highest BCUT2D eigenvalue weighted by molar-refractivity contribution is 6.13. The molecule has 0 radical (unpaired) electrons. The lowest BCUT2D eigenvalue weighted by molar-refractivity contribution is -0.152. The van der Waals surface area contributed by atoms with Crippen molar-refractivity contribution in [3.05, 3.63) is 76.1 Å². The number of benzene rings is 2. The fraction of sp³-hybridized carbons (Fsp3) is 0.387. The van der Waals surface area contributed by atoms with E-state index in [9.17, 15) is 14.4 Å². The van der Waals surface area contributed by atoms with Crippen LogP contribution in [0.1, 0.15) is 50.2 Å². The zero-order chi connectivity index (χ0) is 29.0. The Bertz CT molecular complexity index is 1360. The predicted octanol–water partition coefficient (Wildman–Crippen LogP) is 4.43. The minimum atomic E-state index is -1.10. The average Bonchev–Trinajstić information content (AvgIpc) is 2.96. The van der Waals surface area contributed by atoms with Gasteiger partial charge in [0.15, 0.2) is 17.3 Å². The van der Waals surface area contributed by atoms with Crippen molar-refractivity contribution < 1.29 is 38.1 Å². The molecule has 9 nitrogen and oxygen atoms in total. The Morgan fingerprint density at radius 2 is 1.52 bits per heavy atom. The summed E-state index contributed by atoms with van der Waals surface area (Å²) >= 11 is 0. The van der Waals surface area contributed by atoms with Crippen LogP contribution in [0.15, 0.2) is 65.0 Å². The minimum Gasteiger partial charge on any atom is -0.497 e. The van der Waals surface area contributed by atoms with E-state index in [4.69, 9.17) is 23.7 Å². The van der Waals surface area contributed by atoms with Gasteiger partial charge in [-0.1, -0.05) is 18.2 Å². The molecule has 40 heavy (non-hydrogen) atoms. The van der Waals surface area contributed by atoms with Crippen LogP contribution in [-0.4, -0.2) is 52.3 Å². The highest BCUT2D eigenvalue weighted by Gasteiger charge is 2.49. The number of carbonyl (C=O) groups excluding carboxylic acids is 3. The summed E-state index contributed by atoms with van der Waals surface area (Å²) in [4.78, 5) is 41.1. The van der Waals surface area contributed by atoms with E-state index in [-0.39, 0.29) is 13.2 Å². The summed E-state index contributed by atoms with van der Waals surface area (Å²) in [6.45, 7) is 5.52. The first-order valence-corrected chi connectivity index (χ1v) is 13.2. The normalized spacial score (nSPS) is 20.4. The summed E-state index contributed by atoms with van der Waals surface area (Å²) in [5, 5.41) is 3.31. The van der Waals surface area contributed by atoms with Crippen molar-refractivity contribution in [1.82, 2.24) is 5.32 Å². The minimum absolute atomic E-state index is 0.133. The topological polar surface area (TPSA) is 109 Å². The number of nitrogens with one attached hydrogen (secondary N) is 1. The first-order valence-electron chi connectivity index (χ1n) is 13.2. The highest BCUT2D eigenvalue weighted by Crippen LogP contribution is 2.49. The van der Waals surface area contributed by atoms with Crippen molar-refractivity contribution in [2.45, 2.75) is 39.0 Å². The van der Waals surface area contributed by atoms with Gasteiger partial charge in [-0.3, -0.25) is 9.59 Å². The highest BCUT2D eigenvalue weighted by atomic mass is 16.5. The van der Waals surface area contributed by atoms with E-state index < -0.39 is 35.5 Å². The molecule has 0 saturated heterocycles. The van der Waals surface area contributed by atoms with Crippen LogP contribution < -0.4 is 19.5 Å². The van der Waals surface area contributed by atoms with E-state index in [1.807, 2.05) is 12.1 Å². The van der Waals surface area contributed by atoms with Crippen LogP contribution >= 0.6 is 0 Å². The van der Waals surface area contributed by atoms with Gasteiger partial charge in [0.2, 0.25) is 0 Å². The fourth-order valence-electron chi connectivity index (χ4n) is 5.55. The number of rotatable bonds is 9. The average molecular weight is 550 g/mol. The second-order valence-electron chi connectivity index (χ2n) is 9.50. The molecule has 1 aliphatic heterocycles. The number of allylic oxidation sites excluding steroid dienone is 3. The van der Waals surface area contributed by atoms with Crippen LogP contribution in [0.5, 0.6) is 17.2 Å². The van der Waals surface area contributed by atoms with Crippen LogP contribution in [0.25, 0.3) is 0 Å². The lowest BCUT2D eigenvalue weighted by Crippen LogP contribution is -2.43. The number of hydrogen-bond acceptors (Lipinski definition) is 9. The van der Waals surface area contributed by atoms with Gasteiger partial charge < -0.3 is 29.0 Å². The third-order valence-electron chi connectivity index (χ3n) is 7.34. The standard InChI is InChI=1S/C31H35NO8/c1-7-39-30(34)25-17(3)32-22-16-21(18-9-12-20(36-4)13-10-18)27(31(35)40-8-2)29(33)28(22)26(25)19-11-14-23(37-5)24(15-19)38-6/h9-15,21,26-27,32H,7-8,16H2,1-6H3/t21-,26-,27-/m1/s1. The molecule has 3 atom stereocenters. The Hall–Kier alpha value is -4.27. The van der Waals surface area contributed by atoms with Gasteiger partial charge in [-0.25, -0.2) is 4.79 Å². The molecule has 9 heteroatoms. The molecule has 2 aliphatic rings. The number of methoxy groups -OCH3 is 3. The molecule has 0 aromatic heterocycles. The summed E-state index contributed by atoms with van der Waals surface area (Å²) in [5.74, 6) is -2.30. The van der Waals surface area contributed by atoms with Crippen LogP contribution in [0.2, 0.25) is 0 Å². The van der Waals surface area contributed by atoms with Crippen molar-refractivity contribution in [3.8, 4) is 17.2 Å². The zero-order valence-electron chi connectivity index (χ0n) is 23.7. The molecule has 0 spiro atoms. The van der Waals surface area contributed by atoms with Crippen molar-refractivity contribution in [2.24, 2.45) is 5.92 Å². The Balaban J connectivity index is 1.91. The van der Waals surface area contributed by atoms with Gasteiger partial charge in [-0.15, -0.1) is 0 Å². The van der Waals surface area contributed by atoms with Crippen molar-refractivity contribution in [3.63, 3.8) is 0 Å². The number of esters is 2. The maximum atomic E-state index is 14.4. The van der Waals surface area contributed by atoms with E-state index in [0.29, 0.717) is 51.8 Å². The maximum absolute atomic E-state index is 14.4. The molecule has 0 amide bonds. The molecule has 4 rings (SSSR count). The Morgan fingerprint density at radius 1 is 0.875 bits per heavy atom. The van der Waals surface area contributed by atoms with E-state index in [1.165, 1.54) is 14.2 Å². The SMILES string of the molecule is CCOC(=O)C1=C(C)NC2=C(C(=O)[C@H](C(=O)OCC)[C@@H](c3ccc(OC)cc3)C2)[C@@H]1c1ccc(OC)c(OC)c1.